The molecule has 0 aliphatic heterocycles. The van der Waals surface area contributed by atoms with E-state index in [1.165, 1.54) is 6.07 Å². The van der Waals surface area contributed by atoms with Crippen LogP contribution in [0.15, 0.2) is 48.8 Å². The summed E-state index contributed by atoms with van der Waals surface area (Å²) in [5.41, 5.74) is 2.51. The average Bonchev–Trinajstić information content (AvgIpc) is 2.82. The summed E-state index contributed by atoms with van der Waals surface area (Å²) in [7, 11) is 0. The van der Waals surface area contributed by atoms with Gasteiger partial charge in [-0.3, -0.25) is 4.57 Å². The van der Waals surface area contributed by atoms with Gasteiger partial charge in [0.05, 0.1) is 22.8 Å². The molecule has 0 saturated carbocycles. The van der Waals surface area contributed by atoms with Gasteiger partial charge in [0.2, 0.25) is 0 Å². The molecule has 0 unspecified atom stereocenters. The largest absolute Gasteiger partial charge is 0.389 e. The molecule has 96 valence electrons. The van der Waals surface area contributed by atoms with Crippen molar-refractivity contribution in [2.24, 2.45) is 0 Å². The highest BCUT2D eigenvalue weighted by Crippen LogP contribution is 2.27. The molecule has 1 heterocycles. The van der Waals surface area contributed by atoms with Gasteiger partial charge in [0.1, 0.15) is 12.1 Å². The molecule has 0 bridgehead atoms. The number of hydrogen-bond donors (Lipinski definition) is 1. The van der Waals surface area contributed by atoms with Crippen LogP contribution in [0.25, 0.3) is 16.7 Å². The number of benzene rings is 2. The Hall–Kier alpha value is -2.20. The van der Waals surface area contributed by atoms with Gasteiger partial charge in [0, 0.05) is 5.56 Å². The summed E-state index contributed by atoms with van der Waals surface area (Å²) in [6, 6.07) is 12.2. The number of fused-ring (bicyclic) bond motifs is 1. The van der Waals surface area contributed by atoms with Crippen LogP contribution in [0.2, 0.25) is 0 Å². The van der Waals surface area contributed by atoms with Crippen LogP contribution in [0, 0.1) is 5.82 Å². The number of rotatable bonds is 2. The fraction of sp³-hybridized carbons (Fsp3) is 0.133. The van der Waals surface area contributed by atoms with Crippen molar-refractivity contribution in [2.75, 3.05) is 0 Å². The molecule has 1 atom stereocenters. The van der Waals surface area contributed by atoms with Crippen molar-refractivity contribution in [1.29, 1.82) is 0 Å². The van der Waals surface area contributed by atoms with Gasteiger partial charge >= 0.3 is 0 Å². The molecule has 0 spiro atoms. The monoisotopic (exact) mass is 256 g/mol. The van der Waals surface area contributed by atoms with Crippen LogP contribution in [0.4, 0.5) is 4.39 Å². The number of nitrogens with zero attached hydrogens (tertiary/aromatic N) is 2. The first kappa shape index (κ1) is 11.9. The predicted molar refractivity (Wildman–Crippen MR) is 71.7 cm³/mol. The maximum atomic E-state index is 14.1. The van der Waals surface area contributed by atoms with Crippen LogP contribution >= 0.6 is 0 Å². The first-order valence-electron chi connectivity index (χ1n) is 6.07. The van der Waals surface area contributed by atoms with E-state index in [-0.39, 0.29) is 5.82 Å². The van der Waals surface area contributed by atoms with Crippen LogP contribution in [0.1, 0.15) is 18.6 Å². The highest BCUT2D eigenvalue weighted by atomic mass is 19.1. The van der Waals surface area contributed by atoms with Crippen LogP contribution in [0.5, 0.6) is 0 Å². The molecular formula is C15H13FN2O. The normalized spacial score (nSPS) is 12.8. The minimum Gasteiger partial charge on any atom is -0.389 e. The van der Waals surface area contributed by atoms with E-state index in [0.29, 0.717) is 11.3 Å². The van der Waals surface area contributed by atoms with Crippen LogP contribution in [-0.4, -0.2) is 14.7 Å². The van der Waals surface area contributed by atoms with E-state index in [0.717, 1.165) is 11.0 Å². The molecule has 1 N–H and O–H groups in total. The number of halogens is 1. The molecule has 0 fully saturated rings. The third-order valence-corrected chi connectivity index (χ3v) is 3.16. The Morgan fingerprint density at radius 2 is 1.95 bits per heavy atom. The smallest absolute Gasteiger partial charge is 0.147 e. The number of imidazole rings is 1. The lowest BCUT2D eigenvalue weighted by molar-refractivity contribution is 0.198. The van der Waals surface area contributed by atoms with Crippen molar-refractivity contribution in [3.8, 4) is 5.69 Å². The number of aliphatic hydroxyl groups is 1. The van der Waals surface area contributed by atoms with Gasteiger partial charge in [-0.15, -0.1) is 0 Å². The van der Waals surface area contributed by atoms with Gasteiger partial charge in [-0.05, 0) is 25.1 Å². The first-order chi connectivity index (χ1) is 9.18. The second kappa shape index (κ2) is 4.48. The summed E-state index contributed by atoms with van der Waals surface area (Å²) < 4.78 is 15.8. The second-order valence-corrected chi connectivity index (χ2v) is 4.46. The highest BCUT2D eigenvalue weighted by molar-refractivity contribution is 5.77. The molecule has 0 aliphatic carbocycles. The molecule has 0 saturated heterocycles. The Bertz CT molecular complexity index is 734. The Labute approximate surface area is 109 Å². The molecule has 0 aliphatic rings. The molecule has 0 amide bonds. The third kappa shape index (κ3) is 1.90. The molecule has 3 nitrogen and oxygen atoms in total. The van der Waals surface area contributed by atoms with E-state index >= 15 is 0 Å². The van der Waals surface area contributed by atoms with Gasteiger partial charge in [-0.2, -0.15) is 0 Å². The van der Waals surface area contributed by atoms with E-state index in [1.54, 1.807) is 30.0 Å². The van der Waals surface area contributed by atoms with Crippen LogP contribution in [0.3, 0.4) is 0 Å². The molecule has 3 rings (SSSR count). The third-order valence-electron chi connectivity index (χ3n) is 3.16. The summed E-state index contributed by atoms with van der Waals surface area (Å²) in [4.78, 5) is 4.25. The lowest BCUT2D eigenvalue weighted by Gasteiger charge is -2.14. The maximum Gasteiger partial charge on any atom is 0.147 e. The van der Waals surface area contributed by atoms with Gasteiger partial charge in [0.25, 0.3) is 0 Å². The number of aromatic nitrogens is 2. The highest BCUT2D eigenvalue weighted by Gasteiger charge is 2.16. The molecule has 2 aromatic carbocycles. The van der Waals surface area contributed by atoms with Gasteiger partial charge in [-0.1, -0.05) is 24.3 Å². The van der Waals surface area contributed by atoms with E-state index in [9.17, 15) is 9.50 Å². The summed E-state index contributed by atoms with van der Waals surface area (Å²) in [6.07, 6.45) is 0.835. The predicted octanol–water partition coefficient (Wildman–Crippen LogP) is 3.22. The SMILES string of the molecule is C[C@H](O)c1cccc(F)c1-n1cnc2ccccc21. The topological polar surface area (TPSA) is 38.0 Å². The van der Waals surface area contributed by atoms with Crippen LogP contribution < -0.4 is 0 Å². The minimum absolute atomic E-state index is 0.353. The maximum absolute atomic E-state index is 14.1. The molecule has 0 radical (unpaired) electrons. The Balaban J connectivity index is 2.33. The number of aliphatic hydroxyl groups excluding tert-OH is 1. The van der Waals surface area contributed by atoms with E-state index < -0.39 is 6.10 Å². The van der Waals surface area contributed by atoms with Crippen molar-refractivity contribution in [3.05, 3.63) is 60.2 Å². The Morgan fingerprint density at radius 1 is 1.16 bits per heavy atom. The Kier molecular flexibility index (Phi) is 2.80. The van der Waals surface area contributed by atoms with Crippen molar-refractivity contribution >= 4 is 11.0 Å². The molecule has 4 heteroatoms. The summed E-state index contributed by atoms with van der Waals surface area (Å²) in [5.74, 6) is -0.374. The lowest BCUT2D eigenvalue weighted by Crippen LogP contribution is -2.04. The zero-order chi connectivity index (χ0) is 13.4. The zero-order valence-corrected chi connectivity index (χ0v) is 10.4. The zero-order valence-electron chi connectivity index (χ0n) is 10.4. The van der Waals surface area contributed by atoms with Gasteiger partial charge in [-0.25, -0.2) is 9.37 Å². The van der Waals surface area contributed by atoms with Crippen molar-refractivity contribution in [1.82, 2.24) is 9.55 Å². The fourth-order valence-electron chi connectivity index (χ4n) is 2.26. The van der Waals surface area contributed by atoms with E-state index in [1.807, 2.05) is 24.3 Å². The average molecular weight is 256 g/mol. The number of para-hydroxylation sites is 3. The summed E-state index contributed by atoms with van der Waals surface area (Å²) >= 11 is 0. The van der Waals surface area contributed by atoms with Crippen molar-refractivity contribution in [2.45, 2.75) is 13.0 Å². The molecule has 1 aromatic heterocycles. The van der Waals surface area contributed by atoms with E-state index in [2.05, 4.69) is 4.98 Å². The quantitative estimate of drug-likeness (QED) is 0.764. The molecule has 3 aromatic rings. The minimum atomic E-state index is -0.744. The van der Waals surface area contributed by atoms with E-state index in [4.69, 9.17) is 0 Å². The first-order valence-corrected chi connectivity index (χ1v) is 6.07. The van der Waals surface area contributed by atoms with Crippen molar-refractivity contribution in [3.63, 3.8) is 0 Å². The summed E-state index contributed by atoms with van der Waals surface area (Å²) in [6.45, 7) is 1.62. The van der Waals surface area contributed by atoms with Gasteiger partial charge in [0.15, 0.2) is 0 Å². The standard InChI is InChI=1S/C15H13FN2O/c1-10(19)11-5-4-6-12(16)15(11)18-9-17-13-7-2-3-8-14(13)18/h2-10,19H,1H3/t10-/m0/s1. The van der Waals surface area contributed by atoms with Crippen molar-refractivity contribution < 1.29 is 9.50 Å². The second-order valence-electron chi connectivity index (χ2n) is 4.46. The number of hydrogen-bond acceptors (Lipinski definition) is 2. The van der Waals surface area contributed by atoms with Crippen LogP contribution in [-0.2, 0) is 0 Å². The lowest BCUT2D eigenvalue weighted by atomic mass is 10.1. The summed E-state index contributed by atoms with van der Waals surface area (Å²) in [5, 5.41) is 9.80. The van der Waals surface area contributed by atoms with Gasteiger partial charge < -0.3 is 5.11 Å². The fourth-order valence-corrected chi connectivity index (χ4v) is 2.26. The Morgan fingerprint density at radius 3 is 2.74 bits per heavy atom. The molecule has 19 heavy (non-hydrogen) atoms. The molecular weight excluding hydrogens is 243 g/mol.